The summed E-state index contributed by atoms with van der Waals surface area (Å²) in [4.78, 5) is 2.54. The van der Waals surface area contributed by atoms with Crippen LogP contribution in [0.15, 0.2) is 22.7 Å². The topological polar surface area (TPSA) is 15.3 Å². The molecule has 0 spiro atoms. The lowest BCUT2D eigenvalue weighted by atomic mass is 9.86. The quantitative estimate of drug-likeness (QED) is 0.898. The zero-order valence-corrected chi connectivity index (χ0v) is 13.3. The maximum Gasteiger partial charge on any atom is 0.0515 e. The van der Waals surface area contributed by atoms with Gasteiger partial charge in [-0.2, -0.15) is 0 Å². The Balaban J connectivity index is 2.27. The van der Waals surface area contributed by atoms with Gasteiger partial charge in [0.1, 0.15) is 0 Å². The van der Waals surface area contributed by atoms with Crippen LogP contribution in [0, 0.1) is 12.8 Å². The Bertz CT molecular complexity index is 419. The predicted octanol–water partition coefficient (Wildman–Crippen LogP) is 3.58. The van der Waals surface area contributed by atoms with Crippen LogP contribution >= 0.6 is 15.9 Å². The first-order valence-electron chi connectivity index (χ1n) is 6.75. The van der Waals surface area contributed by atoms with E-state index in [9.17, 15) is 0 Å². The van der Waals surface area contributed by atoms with Crippen LogP contribution in [-0.2, 0) is 0 Å². The lowest BCUT2D eigenvalue weighted by molar-refractivity contribution is 0.282. The molecule has 100 valence electrons. The van der Waals surface area contributed by atoms with Gasteiger partial charge in [-0.3, -0.25) is 0 Å². The molecule has 1 N–H and O–H groups in total. The molecule has 3 unspecified atom stereocenters. The summed E-state index contributed by atoms with van der Waals surface area (Å²) in [5, 5.41) is 3.44. The van der Waals surface area contributed by atoms with Crippen molar-refractivity contribution >= 4 is 21.6 Å². The van der Waals surface area contributed by atoms with E-state index >= 15 is 0 Å². The lowest BCUT2D eigenvalue weighted by Gasteiger charge is -2.44. The Hall–Kier alpha value is -0.540. The van der Waals surface area contributed by atoms with Gasteiger partial charge in [-0.25, -0.2) is 0 Å². The van der Waals surface area contributed by atoms with Crippen LogP contribution in [0.25, 0.3) is 0 Å². The van der Waals surface area contributed by atoms with Crippen LogP contribution in [-0.4, -0.2) is 25.7 Å². The molecule has 1 aromatic rings. The number of benzene rings is 1. The molecule has 1 saturated heterocycles. The third-order valence-corrected chi connectivity index (χ3v) is 5.45. The van der Waals surface area contributed by atoms with Gasteiger partial charge < -0.3 is 10.2 Å². The lowest BCUT2D eigenvalue weighted by Crippen LogP contribution is -2.52. The smallest absolute Gasteiger partial charge is 0.0515 e. The fraction of sp³-hybridized carbons (Fsp3) is 0.600. The average molecular weight is 311 g/mol. The summed E-state index contributed by atoms with van der Waals surface area (Å²) in [5.74, 6) is 0.663. The van der Waals surface area contributed by atoms with E-state index in [-0.39, 0.29) is 0 Å². The molecule has 3 atom stereocenters. The first-order chi connectivity index (χ1) is 8.56. The number of nitrogens with one attached hydrogen (secondary N) is 1. The van der Waals surface area contributed by atoms with E-state index in [1.165, 1.54) is 22.1 Å². The Kier molecular flexibility index (Phi) is 4.33. The second-order valence-electron chi connectivity index (χ2n) is 5.38. The molecule has 0 aromatic heterocycles. The Morgan fingerprint density at radius 2 is 2.06 bits per heavy atom. The SMILES string of the molecule is CNC1CCN(c2cccc(C)c2Br)C(C)C1C. The molecule has 1 aliphatic rings. The van der Waals surface area contributed by atoms with Crippen molar-refractivity contribution in [2.75, 3.05) is 18.5 Å². The van der Waals surface area contributed by atoms with E-state index in [0.29, 0.717) is 18.0 Å². The first kappa shape index (κ1) is 13.9. The molecule has 1 fully saturated rings. The number of rotatable bonds is 2. The van der Waals surface area contributed by atoms with Gasteiger partial charge >= 0.3 is 0 Å². The zero-order valence-electron chi connectivity index (χ0n) is 11.7. The van der Waals surface area contributed by atoms with Gasteiger partial charge in [0.15, 0.2) is 0 Å². The number of piperidine rings is 1. The minimum atomic E-state index is 0.564. The van der Waals surface area contributed by atoms with Crippen molar-refractivity contribution in [2.24, 2.45) is 5.92 Å². The van der Waals surface area contributed by atoms with Gasteiger partial charge in [0.25, 0.3) is 0 Å². The van der Waals surface area contributed by atoms with E-state index < -0.39 is 0 Å². The Labute approximate surface area is 119 Å². The highest BCUT2D eigenvalue weighted by Gasteiger charge is 2.32. The molecule has 1 aromatic carbocycles. The molecule has 0 bridgehead atoms. The summed E-state index contributed by atoms with van der Waals surface area (Å²) >= 11 is 3.74. The molecule has 0 saturated carbocycles. The fourth-order valence-electron chi connectivity index (χ4n) is 2.97. The molecule has 2 nitrogen and oxygen atoms in total. The third kappa shape index (κ3) is 2.43. The zero-order chi connectivity index (χ0) is 13.3. The highest BCUT2D eigenvalue weighted by atomic mass is 79.9. The van der Waals surface area contributed by atoms with Gasteiger partial charge in [-0.05, 0) is 60.8 Å². The van der Waals surface area contributed by atoms with Gasteiger partial charge in [0, 0.05) is 23.1 Å². The first-order valence-corrected chi connectivity index (χ1v) is 7.54. The monoisotopic (exact) mass is 310 g/mol. The van der Waals surface area contributed by atoms with Gasteiger partial charge in [0.2, 0.25) is 0 Å². The summed E-state index contributed by atoms with van der Waals surface area (Å²) in [7, 11) is 2.08. The van der Waals surface area contributed by atoms with Crippen LogP contribution < -0.4 is 10.2 Å². The highest BCUT2D eigenvalue weighted by molar-refractivity contribution is 9.10. The van der Waals surface area contributed by atoms with Crippen LogP contribution in [0.3, 0.4) is 0 Å². The Morgan fingerprint density at radius 1 is 1.33 bits per heavy atom. The van der Waals surface area contributed by atoms with E-state index in [1.807, 2.05) is 0 Å². The standard InChI is InChI=1S/C15H23BrN2/c1-10-6-5-7-14(15(10)16)18-9-8-13(17-4)11(2)12(18)3/h5-7,11-13,17H,8-9H2,1-4H3. The van der Waals surface area contributed by atoms with Gasteiger partial charge in [0.05, 0.1) is 5.69 Å². The van der Waals surface area contributed by atoms with E-state index in [4.69, 9.17) is 0 Å². The summed E-state index contributed by atoms with van der Waals surface area (Å²) in [6, 6.07) is 7.73. The van der Waals surface area contributed by atoms with Crippen molar-refractivity contribution in [2.45, 2.75) is 39.3 Å². The van der Waals surface area contributed by atoms with Crippen molar-refractivity contribution in [1.82, 2.24) is 5.32 Å². The molecule has 0 amide bonds. The predicted molar refractivity (Wildman–Crippen MR) is 82.3 cm³/mol. The second-order valence-corrected chi connectivity index (χ2v) is 6.18. The van der Waals surface area contributed by atoms with E-state index in [2.05, 4.69) is 72.2 Å². The minimum absolute atomic E-state index is 0.564. The van der Waals surface area contributed by atoms with Crippen molar-refractivity contribution < 1.29 is 0 Å². The maximum atomic E-state index is 3.74. The molecule has 1 aliphatic heterocycles. The number of hydrogen-bond acceptors (Lipinski definition) is 2. The molecule has 0 aliphatic carbocycles. The maximum absolute atomic E-state index is 3.74. The summed E-state index contributed by atoms with van der Waals surface area (Å²) in [6.45, 7) is 7.96. The van der Waals surface area contributed by atoms with E-state index in [1.54, 1.807) is 0 Å². The van der Waals surface area contributed by atoms with Crippen molar-refractivity contribution in [3.05, 3.63) is 28.2 Å². The van der Waals surface area contributed by atoms with Crippen molar-refractivity contribution in [1.29, 1.82) is 0 Å². The molecule has 1 heterocycles. The molecule has 3 heteroatoms. The number of aryl methyl sites for hydroxylation is 1. The number of halogens is 1. The van der Waals surface area contributed by atoms with Gasteiger partial charge in [-0.1, -0.05) is 19.1 Å². The largest absolute Gasteiger partial charge is 0.368 e. The average Bonchev–Trinajstić information content (AvgIpc) is 2.37. The number of nitrogens with zero attached hydrogens (tertiary/aromatic N) is 1. The Morgan fingerprint density at radius 3 is 2.72 bits per heavy atom. The molecular weight excluding hydrogens is 288 g/mol. The molecule has 2 rings (SSSR count). The van der Waals surface area contributed by atoms with Crippen molar-refractivity contribution in [3.63, 3.8) is 0 Å². The second kappa shape index (κ2) is 5.62. The number of anilines is 1. The van der Waals surface area contributed by atoms with Crippen LogP contribution in [0.5, 0.6) is 0 Å². The van der Waals surface area contributed by atoms with Crippen molar-refractivity contribution in [3.8, 4) is 0 Å². The summed E-state index contributed by atoms with van der Waals surface area (Å²) in [5.41, 5.74) is 2.65. The normalized spacial score (nSPS) is 28.5. The molecular formula is C15H23BrN2. The number of hydrogen-bond donors (Lipinski definition) is 1. The van der Waals surface area contributed by atoms with E-state index in [0.717, 1.165) is 6.54 Å². The van der Waals surface area contributed by atoms with Crippen LogP contribution in [0.4, 0.5) is 5.69 Å². The minimum Gasteiger partial charge on any atom is -0.368 e. The van der Waals surface area contributed by atoms with Crippen LogP contribution in [0.2, 0.25) is 0 Å². The highest BCUT2D eigenvalue weighted by Crippen LogP contribution is 2.35. The summed E-state index contributed by atoms with van der Waals surface area (Å²) in [6.07, 6.45) is 1.21. The third-order valence-electron chi connectivity index (χ3n) is 4.42. The molecule has 18 heavy (non-hydrogen) atoms. The van der Waals surface area contributed by atoms with Gasteiger partial charge in [-0.15, -0.1) is 0 Å². The fourth-order valence-corrected chi connectivity index (χ4v) is 3.46. The van der Waals surface area contributed by atoms with Crippen LogP contribution in [0.1, 0.15) is 25.8 Å². The summed E-state index contributed by atoms with van der Waals surface area (Å²) < 4.78 is 1.24. The molecule has 0 radical (unpaired) electrons.